The molecule has 0 spiro atoms. The van der Waals surface area contributed by atoms with Gasteiger partial charge in [-0.05, 0) is 57.3 Å². The fraction of sp³-hybridized carbons (Fsp3) is 0.981. The first-order chi connectivity index (χ1) is 56.4. The lowest BCUT2D eigenvalue weighted by molar-refractivity contribution is -0.135. The summed E-state index contributed by atoms with van der Waals surface area (Å²) in [4.78, 5) is 18.2. The molecular weight excluding hydrogens is 1880 g/mol. The molecule has 0 radical (unpaired) electrons. The maximum absolute atomic E-state index is 16.6. The first kappa shape index (κ1) is 120. The number of carbonyl (C=O) groups is 1. The number of hydrogen-bond acceptors (Lipinski definition) is 49. The molecule has 0 aliphatic carbocycles. The van der Waals surface area contributed by atoms with Crippen LogP contribution in [0.3, 0.4) is 0 Å². The Kier molecular flexibility index (Phi) is 57.8. The lowest BCUT2D eigenvalue weighted by Gasteiger charge is -2.41. The van der Waals surface area contributed by atoms with Crippen molar-refractivity contribution in [2.45, 2.75) is 75.5 Å². The molecule has 0 unspecified atom stereocenters. The standard InChI is InChI=1S/C53H139NO49Si16/c1-54(50-51(42-38-46-104(92-108(56-2,57-3)58-4,93-109(59-5,60-6)61-7)94-110(62-8,63-9)64-10)43-39-47-105(95-111(65-11,66-12)67-13,96-112(68-14,69-15)70-16)97-113(71-17,72-18)73-19)53(55)52(44-40-48-106(98-114(74-20,75-21)76-22,99-115(77-23,78-24)79-25)100-116(80-26,81-27)82-28)45-41-49-107(101-117(83-29,84-30)85-31,102-118(86-32,87-33)88-34)103-119(89-35,90-36)91-37/h51-52H,38-50H2,1-37H3. The van der Waals surface area contributed by atoms with Gasteiger partial charge in [0.1, 0.15) is 0 Å². The smallest absolute Gasteiger partial charge is 0.355 e. The molecule has 0 N–H and O–H groups in total. The van der Waals surface area contributed by atoms with E-state index in [-0.39, 0.29) is 82.1 Å². The SMILES string of the molecule is CO[Si](OC)(OC)O[Si](CCCC(CCC[Si](O[Si](OC)(OC)OC)(O[Si](OC)(OC)OC)O[Si](OC)(OC)OC)CN(C)C(=O)C(CCC[Si](O[Si](OC)(OC)OC)(O[Si](OC)(OC)OC)O[Si](OC)(OC)OC)CCC[Si](O[Si](OC)(OC)OC)(O[Si](OC)(OC)OC)O[Si](OC)(OC)OC)(O[Si](OC)(OC)OC)O[Si](OC)(OC)OC. The lowest BCUT2D eigenvalue weighted by atomic mass is 9.94. The highest BCUT2D eigenvalue weighted by Gasteiger charge is 2.71. The van der Waals surface area contributed by atoms with Crippen LogP contribution in [0.4, 0.5) is 0 Å². The van der Waals surface area contributed by atoms with Crippen molar-refractivity contribution in [3.8, 4) is 0 Å². The van der Waals surface area contributed by atoms with E-state index in [4.69, 9.17) is 209 Å². The van der Waals surface area contributed by atoms with E-state index in [1.54, 1.807) is 11.9 Å². The topological polar surface area (TPSA) is 463 Å². The van der Waals surface area contributed by atoms with E-state index >= 15 is 4.79 Å². The maximum atomic E-state index is 16.6. The highest BCUT2D eigenvalue weighted by molar-refractivity contribution is 6.85. The van der Waals surface area contributed by atoms with E-state index in [9.17, 15) is 0 Å². The van der Waals surface area contributed by atoms with Gasteiger partial charge in [0.25, 0.3) is 0 Å². The molecule has 0 atom stereocenters. The van der Waals surface area contributed by atoms with Crippen LogP contribution in [-0.2, 0) is 214 Å². The Morgan fingerprint density at radius 1 is 0.193 bits per heavy atom. The van der Waals surface area contributed by atoms with Crippen LogP contribution in [0.25, 0.3) is 0 Å². The molecule has 66 heteroatoms. The fourth-order valence-electron chi connectivity index (χ4n) is 11.5. The Balaban J connectivity index is 10.2. The highest BCUT2D eigenvalue weighted by atomic mass is 28.6. The van der Waals surface area contributed by atoms with Crippen LogP contribution in [-0.4, -0.2) is 424 Å². The third-order valence-electron chi connectivity index (χ3n) is 17.9. The molecule has 0 aromatic carbocycles. The average Bonchev–Trinajstić information content (AvgIpc) is 0.791. The van der Waals surface area contributed by atoms with Gasteiger partial charge in [-0.25, -0.2) is 0 Å². The van der Waals surface area contributed by atoms with Crippen LogP contribution in [0.15, 0.2) is 0 Å². The first-order valence-electron chi connectivity index (χ1n) is 35.9. The highest BCUT2D eigenvalue weighted by Crippen LogP contribution is 2.41. The summed E-state index contributed by atoms with van der Waals surface area (Å²) in [7, 11) is -23.1. The Bertz CT molecular complexity index is 2170. The molecule has 0 rings (SSSR count). The summed E-state index contributed by atoms with van der Waals surface area (Å²) in [5, 5.41) is 0. The zero-order valence-electron chi connectivity index (χ0n) is 76.3. The summed E-state index contributed by atoms with van der Waals surface area (Å²) < 4.78 is 294. The van der Waals surface area contributed by atoms with Crippen molar-refractivity contribution in [2.24, 2.45) is 11.8 Å². The van der Waals surface area contributed by atoms with Crippen molar-refractivity contribution in [2.75, 3.05) is 270 Å². The van der Waals surface area contributed by atoms with E-state index in [0.29, 0.717) is 0 Å². The summed E-state index contributed by atoms with van der Waals surface area (Å²) in [6.07, 6.45) is 0.160. The maximum Gasteiger partial charge on any atom is 0.671 e. The molecule has 0 saturated carbocycles. The molecule has 714 valence electrons. The van der Waals surface area contributed by atoms with Crippen molar-refractivity contribution < 1.29 is 214 Å². The number of amides is 1. The molecule has 119 heavy (non-hydrogen) atoms. The van der Waals surface area contributed by atoms with Crippen molar-refractivity contribution in [3.05, 3.63) is 0 Å². The molecule has 0 fully saturated rings. The minimum absolute atomic E-state index is 0.0528. The Hall–Kier alpha value is 1.02. The van der Waals surface area contributed by atoms with Gasteiger partial charge < -0.3 is 214 Å². The molecule has 0 aliphatic rings. The quantitative estimate of drug-likeness (QED) is 0.0773. The summed E-state index contributed by atoms with van der Waals surface area (Å²) in [5.74, 6) is -2.20. The molecule has 0 saturated heterocycles. The second kappa shape index (κ2) is 57.3. The Labute approximate surface area is 721 Å². The van der Waals surface area contributed by atoms with Gasteiger partial charge in [-0.1, -0.05) is 0 Å². The van der Waals surface area contributed by atoms with Crippen molar-refractivity contribution in [3.63, 3.8) is 0 Å². The van der Waals surface area contributed by atoms with E-state index in [0.717, 1.165) is 0 Å². The molecule has 1 amide bonds. The van der Waals surface area contributed by atoms with Gasteiger partial charge in [-0.3, -0.25) is 4.79 Å². The van der Waals surface area contributed by atoms with Crippen LogP contribution in [0, 0.1) is 11.8 Å². The van der Waals surface area contributed by atoms with E-state index in [1.165, 1.54) is 256 Å². The third-order valence-corrected chi connectivity index (χ3v) is 66.7. The van der Waals surface area contributed by atoms with Gasteiger partial charge in [0, 0.05) is 300 Å². The van der Waals surface area contributed by atoms with Crippen molar-refractivity contribution >= 4 is 150 Å². The molecule has 0 aliphatic heterocycles. The van der Waals surface area contributed by atoms with Gasteiger partial charge >= 0.3 is 144 Å². The summed E-state index contributed by atoms with van der Waals surface area (Å²) in [6, 6.07) is -0.969. The Morgan fingerprint density at radius 3 is 0.412 bits per heavy atom. The zero-order chi connectivity index (χ0) is 91.4. The second-order valence-electron chi connectivity index (χ2n) is 23.7. The molecule has 0 aromatic rings. The first-order valence-corrected chi connectivity index (χ1v) is 63.2. The second-order valence-corrected chi connectivity index (χ2v) is 67.6. The van der Waals surface area contributed by atoms with Gasteiger partial charge in [-0.15, -0.1) is 0 Å². The average molecular weight is 2020 g/mol. The van der Waals surface area contributed by atoms with Crippen LogP contribution in [0.1, 0.15) is 51.4 Å². The predicted octanol–water partition coefficient (Wildman–Crippen LogP) is 1.25. The van der Waals surface area contributed by atoms with Crippen molar-refractivity contribution in [1.29, 1.82) is 0 Å². The molecule has 50 nitrogen and oxygen atoms in total. The van der Waals surface area contributed by atoms with Crippen LogP contribution >= 0.6 is 0 Å². The predicted molar refractivity (Wildman–Crippen MR) is 438 cm³/mol. The molecule has 0 bridgehead atoms. The fourth-order valence-corrected chi connectivity index (χ4v) is 61.7. The minimum atomic E-state index is -4.83. The van der Waals surface area contributed by atoms with Crippen LogP contribution in [0.2, 0.25) is 24.2 Å². The number of rotatable bonds is 79. The van der Waals surface area contributed by atoms with Gasteiger partial charge in [0.05, 0.1) is 0 Å². The summed E-state index contributed by atoms with van der Waals surface area (Å²) in [6.45, 7) is -0.0845. The van der Waals surface area contributed by atoms with Gasteiger partial charge in [0.15, 0.2) is 0 Å². The lowest BCUT2D eigenvalue weighted by Crippen LogP contribution is -2.69. The summed E-state index contributed by atoms with van der Waals surface area (Å²) >= 11 is 0. The Morgan fingerprint density at radius 2 is 0.303 bits per heavy atom. The van der Waals surface area contributed by atoms with Crippen LogP contribution in [0.5, 0.6) is 0 Å². The van der Waals surface area contributed by atoms with E-state index in [2.05, 4.69) is 0 Å². The van der Waals surface area contributed by atoms with E-state index in [1.807, 2.05) is 0 Å². The molecule has 0 aromatic heterocycles. The van der Waals surface area contributed by atoms with Crippen molar-refractivity contribution in [1.82, 2.24) is 4.90 Å². The van der Waals surface area contributed by atoms with Crippen LogP contribution < -0.4 is 0 Å². The zero-order valence-corrected chi connectivity index (χ0v) is 92.3. The normalized spacial score (nSPS) is 14.3. The third kappa shape index (κ3) is 33.4. The molecule has 0 heterocycles. The number of nitrogens with zero attached hydrogens (tertiary/aromatic N) is 1. The van der Waals surface area contributed by atoms with Gasteiger partial charge in [-0.2, -0.15) is 0 Å². The monoisotopic (exact) mass is 2020 g/mol. The molecular formula is C53H139NO49Si16. The minimum Gasteiger partial charge on any atom is -0.355 e. The number of hydrogen-bond donors (Lipinski definition) is 0. The summed E-state index contributed by atoms with van der Waals surface area (Å²) in [5.41, 5.74) is 0. The van der Waals surface area contributed by atoms with E-state index < -0.39 is 162 Å². The number of carbonyl (C=O) groups excluding carboxylic acids is 1. The largest absolute Gasteiger partial charge is 0.671 e. The van der Waals surface area contributed by atoms with Gasteiger partial charge in [0.2, 0.25) is 5.91 Å².